The van der Waals surface area contributed by atoms with Crippen LogP contribution in [-0.4, -0.2) is 22.0 Å². The van der Waals surface area contributed by atoms with Crippen molar-refractivity contribution in [3.63, 3.8) is 0 Å². The molecule has 0 atom stereocenters. The van der Waals surface area contributed by atoms with E-state index in [4.69, 9.17) is 11.5 Å². The van der Waals surface area contributed by atoms with E-state index in [1.807, 2.05) is 23.4 Å². The van der Waals surface area contributed by atoms with Gasteiger partial charge in [0.05, 0.1) is 0 Å². The largest absolute Gasteiger partial charge is 0.384 e. The number of nitrogens with two attached hydrogens (primary N) is 2. The van der Waals surface area contributed by atoms with E-state index >= 15 is 0 Å². The van der Waals surface area contributed by atoms with Crippen LogP contribution in [0.5, 0.6) is 0 Å². The second kappa shape index (κ2) is 6.13. The summed E-state index contributed by atoms with van der Waals surface area (Å²) in [6.45, 7) is 2.06. The van der Waals surface area contributed by atoms with E-state index in [2.05, 4.69) is 49.9 Å². The number of aryl methyl sites for hydroxylation is 1. The summed E-state index contributed by atoms with van der Waals surface area (Å²) in [5, 5.41) is 2.73. The Labute approximate surface area is 146 Å². The monoisotopic (exact) mass is 390 g/mol. The van der Waals surface area contributed by atoms with Gasteiger partial charge in [-0.2, -0.15) is 0 Å². The van der Waals surface area contributed by atoms with E-state index in [0.29, 0.717) is 23.2 Å². The fourth-order valence-electron chi connectivity index (χ4n) is 2.17. The summed E-state index contributed by atoms with van der Waals surface area (Å²) in [6, 6.07) is 7.66. The zero-order valence-electron chi connectivity index (χ0n) is 12.6. The molecule has 118 valence electrons. The van der Waals surface area contributed by atoms with Gasteiger partial charge >= 0.3 is 0 Å². The highest BCUT2D eigenvalue weighted by molar-refractivity contribution is 9.10. The number of halogens is 1. The van der Waals surface area contributed by atoms with Crippen molar-refractivity contribution >= 4 is 49.7 Å². The number of aromatic nitrogens is 3. The van der Waals surface area contributed by atoms with E-state index in [9.17, 15) is 0 Å². The lowest BCUT2D eigenvalue weighted by Crippen LogP contribution is -2.10. The molecule has 2 heterocycles. The van der Waals surface area contributed by atoms with Gasteiger partial charge in [0.1, 0.15) is 17.3 Å². The summed E-state index contributed by atoms with van der Waals surface area (Å²) >= 11 is 5.02. The molecule has 3 aromatic rings. The van der Waals surface area contributed by atoms with Crippen molar-refractivity contribution in [1.82, 2.24) is 15.0 Å². The Balaban J connectivity index is 1.96. The van der Waals surface area contributed by atoms with Crippen LogP contribution in [0.15, 0.2) is 34.1 Å². The molecule has 4 N–H and O–H groups in total. The quantitative estimate of drug-likeness (QED) is 0.709. The maximum atomic E-state index is 5.72. The molecule has 0 radical (unpaired) electrons. The number of benzene rings is 1. The molecular weight excluding hydrogens is 376 g/mol. The number of hydrogen-bond donors (Lipinski definition) is 2. The Morgan fingerprint density at radius 3 is 2.48 bits per heavy atom. The van der Waals surface area contributed by atoms with Gasteiger partial charge in [0.2, 0.25) is 0 Å². The van der Waals surface area contributed by atoms with Gasteiger partial charge in [-0.25, -0.2) is 15.0 Å². The van der Waals surface area contributed by atoms with Crippen molar-refractivity contribution in [2.75, 3.05) is 23.4 Å². The zero-order valence-corrected chi connectivity index (χ0v) is 15.0. The molecule has 0 aliphatic carbocycles. The first-order chi connectivity index (χ1) is 10.9. The molecular formula is C15H15BrN6S. The molecule has 23 heavy (non-hydrogen) atoms. The fourth-order valence-corrected chi connectivity index (χ4v) is 3.30. The van der Waals surface area contributed by atoms with E-state index in [-0.39, 0.29) is 0 Å². The molecule has 0 aliphatic rings. The van der Waals surface area contributed by atoms with E-state index < -0.39 is 0 Å². The average Bonchev–Trinajstić information content (AvgIpc) is 2.98. The van der Waals surface area contributed by atoms with Crippen LogP contribution in [0, 0.1) is 6.92 Å². The Morgan fingerprint density at radius 1 is 1.09 bits per heavy atom. The SMILES string of the molecule is Cc1ccc(Br)cc1N(C)c1nc(-c2nc(N)cc(N)n2)cs1. The lowest BCUT2D eigenvalue weighted by atomic mass is 10.2. The third kappa shape index (κ3) is 3.27. The van der Waals surface area contributed by atoms with Crippen LogP contribution in [0.25, 0.3) is 11.5 Å². The highest BCUT2D eigenvalue weighted by Gasteiger charge is 2.14. The number of nitrogens with zero attached hydrogens (tertiary/aromatic N) is 4. The van der Waals surface area contributed by atoms with Crippen LogP contribution in [0.3, 0.4) is 0 Å². The molecule has 0 saturated heterocycles. The molecule has 2 aromatic heterocycles. The molecule has 0 unspecified atom stereocenters. The average molecular weight is 391 g/mol. The van der Waals surface area contributed by atoms with Crippen LogP contribution >= 0.6 is 27.3 Å². The number of anilines is 4. The third-order valence-corrected chi connectivity index (χ3v) is 4.72. The predicted octanol–water partition coefficient (Wildman–Crippen LogP) is 3.60. The Hall–Kier alpha value is -2.19. The third-order valence-electron chi connectivity index (χ3n) is 3.31. The number of thiazole rings is 1. The number of nitrogen functional groups attached to an aromatic ring is 2. The fraction of sp³-hybridized carbons (Fsp3) is 0.133. The summed E-state index contributed by atoms with van der Waals surface area (Å²) < 4.78 is 1.02. The standard InChI is InChI=1S/C15H15BrN6S/c1-8-3-4-9(16)5-11(8)22(2)15-19-10(7-23-15)14-20-12(17)6-13(18)21-14/h3-7H,1-2H3,(H4,17,18,20,21). The van der Waals surface area contributed by atoms with E-state index in [0.717, 1.165) is 20.9 Å². The minimum absolute atomic E-state index is 0.332. The molecule has 8 heteroatoms. The smallest absolute Gasteiger partial charge is 0.190 e. The molecule has 1 aromatic carbocycles. The first-order valence-electron chi connectivity index (χ1n) is 6.80. The molecule has 0 saturated carbocycles. The second-order valence-corrected chi connectivity index (χ2v) is 6.80. The number of hydrogen-bond acceptors (Lipinski definition) is 7. The van der Waals surface area contributed by atoms with Gasteiger partial charge < -0.3 is 16.4 Å². The highest BCUT2D eigenvalue weighted by Crippen LogP contribution is 2.33. The van der Waals surface area contributed by atoms with E-state index in [1.54, 1.807) is 0 Å². The Kier molecular flexibility index (Phi) is 4.18. The summed E-state index contributed by atoms with van der Waals surface area (Å²) in [6.07, 6.45) is 0. The first kappa shape index (κ1) is 15.7. The number of rotatable bonds is 3. The molecule has 0 fully saturated rings. The lowest BCUT2D eigenvalue weighted by Gasteiger charge is -2.18. The molecule has 0 aliphatic heterocycles. The van der Waals surface area contributed by atoms with Crippen molar-refractivity contribution in [2.45, 2.75) is 6.92 Å². The maximum absolute atomic E-state index is 5.72. The van der Waals surface area contributed by atoms with Gasteiger partial charge in [0, 0.05) is 28.7 Å². The lowest BCUT2D eigenvalue weighted by molar-refractivity contribution is 1.13. The van der Waals surface area contributed by atoms with Crippen LogP contribution in [0.1, 0.15) is 5.56 Å². The van der Waals surface area contributed by atoms with Gasteiger partial charge in [-0.1, -0.05) is 22.0 Å². The Morgan fingerprint density at radius 2 is 1.78 bits per heavy atom. The molecule has 0 bridgehead atoms. The van der Waals surface area contributed by atoms with Crippen molar-refractivity contribution in [2.24, 2.45) is 0 Å². The normalized spacial score (nSPS) is 10.7. The zero-order chi connectivity index (χ0) is 16.6. The summed E-state index contributed by atoms with van der Waals surface area (Å²) in [7, 11) is 1.98. The molecule has 0 amide bonds. The van der Waals surface area contributed by atoms with Crippen LogP contribution in [0.2, 0.25) is 0 Å². The minimum atomic E-state index is 0.332. The van der Waals surface area contributed by atoms with Crippen LogP contribution in [-0.2, 0) is 0 Å². The van der Waals surface area contributed by atoms with Crippen molar-refractivity contribution in [3.05, 3.63) is 39.7 Å². The van der Waals surface area contributed by atoms with E-state index in [1.165, 1.54) is 17.4 Å². The first-order valence-corrected chi connectivity index (χ1v) is 8.47. The highest BCUT2D eigenvalue weighted by atomic mass is 79.9. The van der Waals surface area contributed by atoms with Gasteiger partial charge in [-0.15, -0.1) is 11.3 Å². The molecule has 3 rings (SSSR count). The predicted molar refractivity (Wildman–Crippen MR) is 98.9 cm³/mol. The summed E-state index contributed by atoms with van der Waals surface area (Å²) in [5.74, 6) is 1.10. The van der Waals surface area contributed by atoms with Crippen molar-refractivity contribution < 1.29 is 0 Å². The van der Waals surface area contributed by atoms with Gasteiger partial charge in [0.25, 0.3) is 0 Å². The van der Waals surface area contributed by atoms with Crippen LogP contribution in [0.4, 0.5) is 22.5 Å². The maximum Gasteiger partial charge on any atom is 0.190 e. The minimum Gasteiger partial charge on any atom is -0.384 e. The summed E-state index contributed by atoms with van der Waals surface area (Å²) in [5.41, 5.74) is 14.3. The van der Waals surface area contributed by atoms with Crippen molar-refractivity contribution in [1.29, 1.82) is 0 Å². The summed E-state index contributed by atoms with van der Waals surface area (Å²) in [4.78, 5) is 15.0. The Bertz CT molecular complexity index is 843. The van der Waals surface area contributed by atoms with Gasteiger partial charge in [-0.05, 0) is 24.6 Å². The van der Waals surface area contributed by atoms with Gasteiger partial charge in [-0.3, -0.25) is 0 Å². The van der Waals surface area contributed by atoms with Gasteiger partial charge in [0.15, 0.2) is 11.0 Å². The second-order valence-electron chi connectivity index (χ2n) is 5.05. The van der Waals surface area contributed by atoms with Crippen molar-refractivity contribution in [3.8, 4) is 11.5 Å². The van der Waals surface area contributed by atoms with Crippen LogP contribution < -0.4 is 16.4 Å². The molecule has 6 nitrogen and oxygen atoms in total. The topological polar surface area (TPSA) is 94.0 Å². The molecule has 0 spiro atoms.